The first-order chi connectivity index (χ1) is 20.7. The Balaban J connectivity index is 1.09. The van der Waals surface area contributed by atoms with Gasteiger partial charge in [0.2, 0.25) is 0 Å². The summed E-state index contributed by atoms with van der Waals surface area (Å²) in [6.45, 7) is 2.17. The van der Waals surface area contributed by atoms with Crippen LogP contribution in [0.3, 0.4) is 0 Å². The number of hydrogen-bond donors (Lipinski definition) is 3. The number of nitrogens with zero attached hydrogens (tertiary/aromatic N) is 3. The van der Waals surface area contributed by atoms with Crippen molar-refractivity contribution in [3.05, 3.63) is 102 Å². The first-order valence-electron chi connectivity index (χ1n) is 14.0. The second-order valence-corrected chi connectivity index (χ2v) is 13.0. The minimum atomic E-state index is -2.91. The molecular weight excluding hydrogens is 566 g/mol. The van der Waals surface area contributed by atoms with Gasteiger partial charge in [0.25, 0.3) is 5.91 Å². The average molecular weight is 598 g/mol. The van der Waals surface area contributed by atoms with E-state index in [9.17, 15) is 23.1 Å². The fraction of sp³-hybridized carbons (Fsp3) is 0.219. The van der Waals surface area contributed by atoms with Crippen LogP contribution in [-0.4, -0.2) is 76.4 Å². The molecule has 6 rings (SSSR count). The SMILES string of the molecule is O=C(Nc1ccc(CN2CCS(=O)(=O)CC2)cc1)c1cccc(-c2ccc(-c3cnc(C4=CCCN4C(=O)O)[nH]3)cc2)c1. The minimum Gasteiger partial charge on any atom is -0.465 e. The summed E-state index contributed by atoms with van der Waals surface area (Å²) in [6, 6.07) is 22.9. The lowest BCUT2D eigenvalue weighted by Crippen LogP contribution is -2.39. The lowest BCUT2D eigenvalue weighted by molar-refractivity contribution is 0.102. The van der Waals surface area contributed by atoms with Crippen LogP contribution in [0.1, 0.15) is 28.2 Å². The normalized spacial score (nSPS) is 16.6. The second kappa shape index (κ2) is 11.9. The first kappa shape index (κ1) is 28.4. The van der Waals surface area contributed by atoms with Crippen LogP contribution in [0.25, 0.3) is 28.1 Å². The summed E-state index contributed by atoms with van der Waals surface area (Å²) in [6.07, 6.45) is 3.23. The van der Waals surface area contributed by atoms with Crippen LogP contribution in [0, 0.1) is 0 Å². The summed E-state index contributed by atoms with van der Waals surface area (Å²) >= 11 is 0. The van der Waals surface area contributed by atoms with Gasteiger partial charge in [0, 0.05) is 37.4 Å². The van der Waals surface area contributed by atoms with Gasteiger partial charge in [-0.25, -0.2) is 18.2 Å². The lowest BCUT2D eigenvalue weighted by atomic mass is 10.0. The van der Waals surface area contributed by atoms with Gasteiger partial charge in [0.05, 0.1) is 29.1 Å². The Morgan fingerprint density at radius 1 is 0.907 bits per heavy atom. The fourth-order valence-electron chi connectivity index (χ4n) is 5.33. The van der Waals surface area contributed by atoms with Crippen molar-refractivity contribution in [2.24, 2.45) is 0 Å². The van der Waals surface area contributed by atoms with Gasteiger partial charge in [0.15, 0.2) is 15.7 Å². The highest BCUT2D eigenvalue weighted by Gasteiger charge is 2.25. The van der Waals surface area contributed by atoms with Gasteiger partial charge in [-0.05, 0) is 52.9 Å². The van der Waals surface area contributed by atoms with Crippen LogP contribution < -0.4 is 5.32 Å². The number of rotatable bonds is 7. The van der Waals surface area contributed by atoms with E-state index < -0.39 is 15.9 Å². The number of carbonyl (C=O) groups is 2. The lowest BCUT2D eigenvalue weighted by Gasteiger charge is -2.26. The zero-order chi connectivity index (χ0) is 30.0. The highest BCUT2D eigenvalue weighted by molar-refractivity contribution is 7.91. The number of H-pyrrole nitrogens is 1. The number of imidazole rings is 1. The second-order valence-electron chi connectivity index (χ2n) is 10.7. The van der Waals surface area contributed by atoms with Crippen LogP contribution in [0.4, 0.5) is 10.5 Å². The number of anilines is 1. The summed E-state index contributed by atoms with van der Waals surface area (Å²) in [5.74, 6) is 0.702. The van der Waals surface area contributed by atoms with E-state index in [1.807, 2.05) is 72.8 Å². The van der Waals surface area contributed by atoms with Crippen molar-refractivity contribution >= 4 is 33.2 Å². The number of sulfone groups is 1. The van der Waals surface area contributed by atoms with Crippen LogP contribution in [0.2, 0.25) is 0 Å². The highest BCUT2D eigenvalue weighted by Crippen LogP contribution is 2.28. The zero-order valence-electron chi connectivity index (χ0n) is 23.4. The van der Waals surface area contributed by atoms with Gasteiger partial charge in [-0.1, -0.05) is 54.6 Å². The van der Waals surface area contributed by atoms with E-state index in [-0.39, 0.29) is 17.4 Å². The van der Waals surface area contributed by atoms with E-state index in [0.717, 1.165) is 27.9 Å². The molecule has 3 aromatic carbocycles. The maximum atomic E-state index is 13.0. The molecule has 220 valence electrons. The predicted molar refractivity (Wildman–Crippen MR) is 165 cm³/mol. The van der Waals surface area contributed by atoms with Crippen LogP contribution >= 0.6 is 0 Å². The predicted octanol–water partition coefficient (Wildman–Crippen LogP) is 4.95. The summed E-state index contributed by atoms with van der Waals surface area (Å²) in [4.78, 5) is 35.6. The van der Waals surface area contributed by atoms with Crippen molar-refractivity contribution in [2.45, 2.75) is 13.0 Å². The summed E-state index contributed by atoms with van der Waals surface area (Å²) in [7, 11) is -2.91. The zero-order valence-corrected chi connectivity index (χ0v) is 24.2. The molecule has 0 spiro atoms. The van der Waals surface area contributed by atoms with E-state index >= 15 is 0 Å². The molecule has 0 aliphatic carbocycles. The molecule has 0 saturated carbocycles. The summed E-state index contributed by atoms with van der Waals surface area (Å²) in [5.41, 5.74) is 6.38. The molecular formula is C32H31N5O5S. The number of amides is 2. The molecule has 0 radical (unpaired) electrons. The van der Waals surface area contributed by atoms with Crippen molar-refractivity contribution in [1.82, 2.24) is 19.8 Å². The quantitative estimate of drug-likeness (QED) is 0.274. The van der Waals surface area contributed by atoms with Gasteiger partial charge in [-0.15, -0.1) is 0 Å². The number of aromatic nitrogens is 2. The third-order valence-electron chi connectivity index (χ3n) is 7.74. The van der Waals surface area contributed by atoms with E-state index in [0.29, 0.717) is 55.4 Å². The maximum absolute atomic E-state index is 13.0. The Hall–Kier alpha value is -4.74. The molecule has 0 atom stereocenters. The molecule has 10 nitrogen and oxygen atoms in total. The Labute approximate surface area is 249 Å². The third kappa shape index (κ3) is 6.52. The smallest absolute Gasteiger partial charge is 0.411 e. The molecule has 1 saturated heterocycles. The molecule has 0 bridgehead atoms. The monoisotopic (exact) mass is 597 g/mol. The molecule has 3 heterocycles. The number of carbonyl (C=O) groups excluding carboxylic acids is 1. The molecule has 0 unspecified atom stereocenters. The van der Waals surface area contributed by atoms with Gasteiger partial charge >= 0.3 is 6.09 Å². The van der Waals surface area contributed by atoms with Crippen LogP contribution in [0.5, 0.6) is 0 Å². The van der Waals surface area contributed by atoms with Gasteiger partial charge in [-0.3, -0.25) is 14.6 Å². The number of nitrogens with one attached hydrogen (secondary N) is 2. The van der Waals surface area contributed by atoms with Crippen molar-refractivity contribution in [1.29, 1.82) is 0 Å². The van der Waals surface area contributed by atoms with Crippen molar-refractivity contribution in [3.8, 4) is 22.4 Å². The Kier molecular flexibility index (Phi) is 7.83. The molecule has 2 amide bonds. The summed E-state index contributed by atoms with van der Waals surface area (Å²) < 4.78 is 23.3. The molecule has 2 aliphatic heterocycles. The first-order valence-corrected chi connectivity index (χ1v) is 15.9. The maximum Gasteiger partial charge on any atom is 0.411 e. The standard InChI is InChI=1S/C32H31N5O5S/c38-31(34-27-12-6-22(7-13-27)21-36-15-17-43(41,42)18-16-36)26-4-1-3-25(19-26)23-8-10-24(11-9-23)28-20-33-30(35-28)29-5-2-14-37(29)32(39)40/h1,3-13,19-20H,2,14-18,21H2,(H,33,35)(H,34,38)(H,39,40). The molecule has 11 heteroatoms. The number of carboxylic acid groups (broad SMARTS) is 1. The van der Waals surface area contributed by atoms with E-state index in [1.165, 1.54) is 4.90 Å². The van der Waals surface area contributed by atoms with E-state index in [1.54, 1.807) is 12.3 Å². The van der Waals surface area contributed by atoms with Crippen molar-refractivity contribution in [2.75, 3.05) is 36.5 Å². The number of benzene rings is 3. The van der Waals surface area contributed by atoms with E-state index in [2.05, 4.69) is 20.2 Å². The van der Waals surface area contributed by atoms with Gasteiger partial charge in [0.1, 0.15) is 0 Å². The molecule has 3 N–H and O–H groups in total. The van der Waals surface area contributed by atoms with Crippen molar-refractivity contribution < 1.29 is 23.1 Å². The molecule has 2 aliphatic rings. The minimum absolute atomic E-state index is 0.198. The Bertz CT molecular complexity index is 1780. The molecule has 1 fully saturated rings. The largest absolute Gasteiger partial charge is 0.465 e. The number of hydrogen-bond acceptors (Lipinski definition) is 6. The van der Waals surface area contributed by atoms with Crippen LogP contribution in [-0.2, 0) is 16.4 Å². The van der Waals surface area contributed by atoms with E-state index in [4.69, 9.17) is 0 Å². The van der Waals surface area contributed by atoms with Gasteiger partial charge in [-0.2, -0.15) is 0 Å². The van der Waals surface area contributed by atoms with Gasteiger partial charge < -0.3 is 15.4 Å². The molecule has 43 heavy (non-hydrogen) atoms. The molecule has 1 aromatic heterocycles. The molecule has 4 aromatic rings. The third-order valence-corrected chi connectivity index (χ3v) is 9.35. The summed E-state index contributed by atoms with van der Waals surface area (Å²) in [5, 5.41) is 12.4. The topological polar surface area (TPSA) is 136 Å². The average Bonchev–Trinajstić information content (AvgIpc) is 3.70. The Morgan fingerprint density at radius 2 is 1.63 bits per heavy atom. The number of aromatic amines is 1. The highest BCUT2D eigenvalue weighted by atomic mass is 32.2. The van der Waals surface area contributed by atoms with Crippen molar-refractivity contribution in [3.63, 3.8) is 0 Å². The fourth-order valence-corrected chi connectivity index (χ4v) is 6.60. The Morgan fingerprint density at radius 3 is 2.35 bits per heavy atom. The van der Waals surface area contributed by atoms with Crippen LogP contribution in [0.15, 0.2) is 85.1 Å².